The highest BCUT2D eigenvalue weighted by Crippen LogP contribution is 2.26. The van der Waals surface area contributed by atoms with Crippen molar-refractivity contribution in [1.29, 1.82) is 0 Å². The Morgan fingerprint density at radius 1 is 1.21 bits per heavy atom. The zero-order valence-electron chi connectivity index (χ0n) is 18.0. The molecule has 3 aromatic heterocycles. The van der Waals surface area contributed by atoms with Crippen molar-refractivity contribution in [3.05, 3.63) is 60.0 Å². The number of carbonyl (C=O) groups is 3. The van der Waals surface area contributed by atoms with Crippen LogP contribution in [0.25, 0.3) is 22.4 Å². The van der Waals surface area contributed by atoms with Crippen molar-refractivity contribution in [3.8, 4) is 11.5 Å². The molecule has 4 aromatic rings. The fourth-order valence-corrected chi connectivity index (χ4v) is 4.08. The fraction of sp³-hybridized carbons (Fsp3) is 0.217. The Hall–Kier alpha value is -4.18. The molecule has 4 N–H and O–H groups in total. The summed E-state index contributed by atoms with van der Waals surface area (Å²) >= 11 is 0. The third-order valence-corrected chi connectivity index (χ3v) is 5.55. The summed E-state index contributed by atoms with van der Waals surface area (Å²) in [6.45, 7) is 3.63. The number of amides is 2. The summed E-state index contributed by atoms with van der Waals surface area (Å²) in [6, 6.07) is 12.3. The first kappa shape index (κ1) is 20.7. The van der Waals surface area contributed by atoms with Crippen LogP contribution in [-0.2, 0) is 9.59 Å². The molecule has 1 saturated heterocycles. The number of aromatic amines is 1. The molecular weight excluding hydrogens is 424 g/mol. The molecular formula is C23H22N6O4. The number of benzene rings is 1. The number of aromatic nitrogens is 3. The van der Waals surface area contributed by atoms with Gasteiger partial charge in [0.15, 0.2) is 12.0 Å². The molecule has 1 fully saturated rings. The minimum atomic E-state index is -0.815. The smallest absolute Gasteiger partial charge is 0.298 e. The zero-order chi connectivity index (χ0) is 23.1. The number of Topliss-reactive ketones (excluding diaryl/α,β-unsaturated/α-hetero) is 1. The van der Waals surface area contributed by atoms with Gasteiger partial charge in [-0.25, -0.2) is 4.68 Å². The van der Waals surface area contributed by atoms with Gasteiger partial charge in [-0.05, 0) is 32.0 Å². The van der Waals surface area contributed by atoms with E-state index in [2.05, 4.69) is 26.0 Å². The maximum absolute atomic E-state index is 13.1. The number of ketones is 1. The standard InChI is InChI=1S/C23H22N6O4/c1-12-10-19(30)27-23(24-12)29-18(11-16(28-29)17-8-5-9-33-17)26-22(32)21(31)20-13(2)25-15-7-4-3-6-14(15)20/h3-9,11-12,23-25H,10H2,1-2H3,(H,26,32)(H,27,30). The first-order valence-corrected chi connectivity index (χ1v) is 10.5. The minimum absolute atomic E-state index is 0.0981. The summed E-state index contributed by atoms with van der Waals surface area (Å²) in [5.74, 6) is -0.914. The number of nitrogens with zero attached hydrogens (tertiary/aromatic N) is 2. The second kappa shape index (κ2) is 8.06. The van der Waals surface area contributed by atoms with Crippen LogP contribution in [0.5, 0.6) is 0 Å². The van der Waals surface area contributed by atoms with Gasteiger partial charge in [-0.3, -0.25) is 19.7 Å². The lowest BCUT2D eigenvalue weighted by atomic mass is 10.1. The first-order valence-electron chi connectivity index (χ1n) is 10.5. The van der Waals surface area contributed by atoms with Gasteiger partial charge < -0.3 is 20.0 Å². The third-order valence-electron chi connectivity index (χ3n) is 5.55. The van der Waals surface area contributed by atoms with Crippen molar-refractivity contribution in [1.82, 2.24) is 25.4 Å². The predicted octanol–water partition coefficient (Wildman–Crippen LogP) is 2.71. The number of rotatable bonds is 5. The Balaban J connectivity index is 1.49. The van der Waals surface area contributed by atoms with E-state index in [1.165, 1.54) is 10.9 Å². The van der Waals surface area contributed by atoms with E-state index in [0.29, 0.717) is 34.5 Å². The summed E-state index contributed by atoms with van der Waals surface area (Å²) in [6.07, 6.45) is 1.13. The van der Waals surface area contributed by atoms with Crippen molar-refractivity contribution in [2.45, 2.75) is 32.6 Å². The highest BCUT2D eigenvalue weighted by atomic mass is 16.3. The van der Waals surface area contributed by atoms with Crippen LogP contribution in [0.3, 0.4) is 0 Å². The molecule has 1 aliphatic rings. The van der Waals surface area contributed by atoms with Crippen LogP contribution >= 0.6 is 0 Å². The molecule has 33 heavy (non-hydrogen) atoms. The van der Waals surface area contributed by atoms with E-state index in [9.17, 15) is 14.4 Å². The Labute approximate surface area is 188 Å². The fourth-order valence-electron chi connectivity index (χ4n) is 4.08. The Kier molecular flexibility index (Phi) is 5.06. The lowest BCUT2D eigenvalue weighted by Crippen LogP contribution is -2.52. The van der Waals surface area contributed by atoms with Crippen LogP contribution in [-0.4, -0.2) is 38.4 Å². The van der Waals surface area contributed by atoms with E-state index in [1.807, 2.05) is 25.1 Å². The van der Waals surface area contributed by atoms with Crippen molar-refractivity contribution >= 4 is 34.3 Å². The highest BCUT2D eigenvalue weighted by molar-refractivity contribution is 6.48. The molecule has 1 aromatic carbocycles. The van der Waals surface area contributed by atoms with Gasteiger partial charge in [-0.1, -0.05) is 18.2 Å². The summed E-state index contributed by atoms with van der Waals surface area (Å²) in [7, 11) is 0. The van der Waals surface area contributed by atoms with E-state index in [-0.39, 0.29) is 17.8 Å². The van der Waals surface area contributed by atoms with Crippen molar-refractivity contribution < 1.29 is 18.8 Å². The average molecular weight is 446 g/mol. The molecule has 1 aliphatic heterocycles. The minimum Gasteiger partial charge on any atom is -0.463 e. The van der Waals surface area contributed by atoms with E-state index in [1.54, 1.807) is 31.2 Å². The maximum atomic E-state index is 13.1. The molecule has 0 spiro atoms. The molecule has 0 radical (unpaired) electrons. The van der Waals surface area contributed by atoms with Gasteiger partial charge in [0.05, 0.1) is 11.8 Å². The Morgan fingerprint density at radius 2 is 2.03 bits per heavy atom. The van der Waals surface area contributed by atoms with Gasteiger partial charge in [0.25, 0.3) is 11.7 Å². The monoisotopic (exact) mass is 446 g/mol. The number of carbonyl (C=O) groups excluding carboxylic acids is 3. The molecule has 4 heterocycles. The number of hydrogen-bond acceptors (Lipinski definition) is 6. The summed E-state index contributed by atoms with van der Waals surface area (Å²) in [4.78, 5) is 41.4. The second-order valence-electron chi connectivity index (χ2n) is 8.03. The average Bonchev–Trinajstić information content (AvgIpc) is 3.50. The van der Waals surface area contributed by atoms with Crippen molar-refractivity contribution in [3.63, 3.8) is 0 Å². The number of fused-ring (bicyclic) bond motifs is 1. The Bertz CT molecular complexity index is 1370. The van der Waals surface area contributed by atoms with E-state index < -0.39 is 18.0 Å². The lowest BCUT2D eigenvalue weighted by molar-refractivity contribution is -0.125. The largest absolute Gasteiger partial charge is 0.463 e. The second-order valence-corrected chi connectivity index (χ2v) is 8.03. The van der Waals surface area contributed by atoms with Gasteiger partial charge in [0, 0.05) is 35.1 Å². The van der Waals surface area contributed by atoms with E-state index >= 15 is 0 Å². The SMILES string of the molecule is Cc1[nH]c2ccccc2c1C(=O)C(=O)Nc1cc(-c2ccco2)nn1C1NC(=O)CC(C)N1. The number of furan rings is 1. The van der Waals surface area contributed by atoms with Crippen LogP contribution < -0.4 is 16.0 Å². The zero-order valence-corrected chi connectivity index (χ0v) is 18.0. The van der Waals surface area contributed by atoms with Crippen LogP contribution in [0.15, 0.2) is 53.1 Å². The molecule has 0 aliphatic carbocycles. The number of hydrogen-bond donors (Lipinski definition) is 4. The third kappa shape index (κ3) is 3.80. The van der Waals surface area contributed by atoms with Gasteiger partial charge in [0.1, 0.15) is 11.5 Å². The molecule has 10 heteroatoms. The lowest BCUT2D eigenvalue weighted by Gasteiger charge is -2.30. The number of H-pyrrole nitrogens is 1. The van der Waals surface area contributed by atoms with Crippen molar-refractivity contribution in [2.24, 2.45) is 0 Å². The molecule has 2 amide bonds. The molecule has 0 saturated carbocycles. The summed E-state index contributed by atoms with van der Waals surface area (Å²) < 4.78 is 6.85. The van der Waals surface area contributed by atoms with Gasteiger partial charge in [0.2, 0.25) is 5.91 Å². The molecule has 10 nitrogen and oxygen atoms in total. The van der Waals surface area contributed by atoms with Gasteiger partial charge >= 0.3 is 0 Å². The highest BCUT2D eigenvalue weighted by Gasteiger charge is 2.29. The summed E-state index contributed by atoms with van der Waals surface area (Å²) in [5.41, 5.74) is 2.15. The van der Waals surface area contributed by atoms with Crippen molar-refractivity contribution in [2.75, 3.05) is 5.32 Å². The number of aryl methyl sites for hydroxylation is 1. The van der Waals surface area contributed by atoms with Crippen LogP contribution in [0, 0.1) is 6.92 Å². The topological polar surface area (TPSA) is 134 Å². The molecule has 2 atom stereocenters. The molecule has 2 unspecified atom stereocenters. The Morgan fingerprint density at radius 3 is 2.79 bits per heavy atom. The van der Waals surface area contributed by atoms with E-state index in [4.69, 9.17) is 4.42 Å². The van der Waals surface area contributed by atoms with Gasteiger partial charge in [-0.2, -0.15) is 5.10 Å². The normalized spacial score (nSPS) is 18.3. The molecule has 5 rings (SSSR count). The number of para-hydroxylation sites is 1. The molecule has 168 valence electrons. The van der Waals surface area contributed by atoms with Crippen LogP contribution in [0.1, 0.15) is 35.7 Å². The number of anilines is 1. The van der Waals surface area contributed by atoms with Crippen LogP contribution in [0.2, 0.25) is 0 Å². The molecule has 0 bridgehead atoms. The quantitative estimate of drug-likeness (QED) is 0.275. The summed E-state index contributed by atoms with van der Waals surface area (Å²) in [5, 5.41) is 13.9. The predicted molar refractivity (Wildman–Crippen MR) is 120 cm³/mol. The number of nitrogens with one attached hydrogen (secondary N) is 4. The maximum Gasteiger partial charge on any atom is 0.298 e. The van der Waals surface area contributed by atoms with Gasteiger partial charge in [-0.15, -0.1) is 0 Å². The first-order chi connectivity index (χ1) is 15.9. The van der Waals surface area contributed by atoms with E-state index in [0.717, 1.165) is 5.52 Å². The van der Waals surface area contributed by atoms with Crippen LogP contribution in [0.4, 0.5) is 5.82 Å².